The van der Waals surface area contributed by atoms with Gasteiger partial charge in [0.2, 0.25) is 11.8 Å². The molecular formula is C27H30FN3O4S. The van der Waals surface area contributed by atoms with Crippen LogP contribution in [0.1, 0.15) is 23.6 Å². The predicted octanol–water partition coefficient (Wildman–Crippen LogP) is 3.80. The standard InChI is InChI=1S/C27H30FN3O4S/c1-19-9-15-25(16-10-19)36(34,35)31(24-13-11-23(28)12-14-24)18-26(32)30(21(3)27(33)29-4)17-22-8-6-5-7-20(22)2/h5-16,21H,17-18H2,1-4H3,(H,29,33). The molecule has 36 heavy (non-hydrogen) atoms. The van der Waals surface area contributed by atoms with Crippen molar-refractivity contribution >= 4 is 27.5 Å². The van der Waals surface area contributed by atoms with Crippen molar-refractivity contribution in [1.82, 2.24) is 10.2 Å². The number of sulfonamides is 1. The van der Waals surface area contributed by atoms with Crippen LogP contribution < -0.4 is 9.62 Å². The molecule has 0 fully saturated rings. The minimum atomic E-state index is -4.18. The van der Waals surface area contributed by atoms with Gasteiger partial charge in [0.1, 0.15) is 18.4 Å². The lowest BCUT2D eigenvalue weighted by Gasteiger charge is -2.32. The van der Waals surface area contributed by atoms with E-state index in [0.29, 0.717) is 0 Å². The molecule has 3 rings (SSSR count). The van der Waals surface area contributed by atoms with Gasteiger partial charge in [-0.1, -0.05) is 42.0 Å². The van der Waals surface area contributed by atoms with Crippen LogP contribution in [-0.2, 0) is 26.2 Å². The zero-order chi connectivity index (χ0) is 26.5. The van der Waals surface area contributed by atoms with Crippen molar-refractivity contribution in [1.29, 1.82) is 0 Å². The molecule has 9 heteroatoms. The van der Waals surface area contributed by atoms with Crippen LogP contribution in [0, 0.1) is 19.7 Å². The van der Waals surface area contributed by atoms with Gasteiger partial charge in [0.25, 0.3) is 10.0 Å². The number of likely N-dealkylation sites (N-methyl/N-ethyl adjacent to an activating group) is 1. The summed E-state index contributed by atoms with van der Waals surface area (Å²) in [5, 5.41) is 2.55. The number of benzene rings is 3. The van der Waals surface area contributed by atoms with Crippen LogP contribution in [0.25, 0.3) is 0 Å². The summed E-state index contributed by atoms with van der Waals surface area (Å²) in [6.07, 6.45) is 0. The number of amides is 2. The molecule has 0 spiro atoms. The van der Waals surface area contributed by atoms with E-state index in [1.54, 1.807) is 19.1 Å². The number of rotatable bonds is 9. The van der Waals surface area contributed by atoms with E-state index in [0.717, 1.165) is 33.1 Å². The Kier molecular flexibility index (Phi) is 8.47. The smallest absolute Gasteiger partial charge is 0.264 e. The molecule has 3 aromatic carbocycles. The maximum absolute atomic E-state index is 13.7. The summed E-state index contributed by atoms with van der Waals surface area (Å²) in [4.78, 5) is 27.5. The summed E-state index contributed by atoms with van der Waals surface area (Å²) in [7, 11) is -2.71. The first-order valence-electron chi connectivity index (χ1n) is 11.4. The van der Waals surface area contributed by atoms with Gasteiger partial charge in [-0.05, 0) is 68.3 Å². The van der Waals surface area contributed by atoms with Crippen molar-refractivity contribution in [2.24, 2.45) is 0 Å². The van der Waals surface area contributed by atoms with E-state index < -0.39 is 34.3 Å². The van der Waals surface area contributed by atoms with Crippen LogP contribution in [0.2, 0.25) is 0 Å². The van der Waals surface area contributed by atoms with Crippen LogP contribution in [0.5, 0.6) is 0 Å². The fourth-order valence-electron chi connectivity index (χ4n) is 3.74. The molecule has 2 amide bonds. The normalized spacial score (nSPS) is 12.0. The minimum Gasteiger partial charge on any atom is -0.357 e. The number of carbonyl (C=O) groups excluding carboxylic acids is 2. The molecule has 0 saturated heterocycles. The van der Waals surface area contributed by atoms with Gasteiger partial charge in [0.15, 0.2) is 0 Å². The maximum Gasteiger partial charge on any atom is 0.264 e. The number of carbonyl (C=O) groups is 2. The second-order valence-corrected chi connectivity index (χ2v) is 10.4. The Balaban J connectivity index is 2.03. The number of halogens is 1. The van der Waals surface area contributed by atoms with Crippen molar-refractivity contribution in [2.75, 3.05) is 17.9 Å². The molecule has 0 bridgehead atoms. The number of anilines is 1. The van der Waals surface area contributed by atoms with Gasteiger partial charge in [-0.25, -0.2) is 12.8 Å². The number of hydrogen-bond donors (Lipinski definition) is 1. The Bertz CT molecular complexity index is 1330. The van der Waals surface area contributed by atoms with Gasteiger partial charge in [-0.2, -0.15) is 0 Å². The zero-order valence-electron chi connectivity index (χ0n) is 20.7. The first-order valence-corrected chi connectivity index (χ1v) is 12.9. The molecule has 0 aromatic heterocycles. The Labute approximate surface area is 211 Å². The van der Waals surface area contributed by atoms with Crippen LogP contribution in [0.3, 0.4) is 0 Å². The van der Waals surface area contributed by atoms with Crippen LogP contribution in [-0.4, -0.2) is 44.8 Å². The predicted molar refractivity (Wildman–Crippen MR) is 137 cm³/mol. The lowest BCUT2D eigenvalue weighted by Crippen LogP contribution is -2.50. The first-order chi connectivity index (χ1) is 17.0. The molecule has 190 valence electrons. The topological polar surface area (TPSA) is 86.8 Å². The van der Waals surface area contributed by atoms with E-state index in [-0.39, 0.29) is 23.0 Å². The van der Waals surface area contributed by atoms with Crippen molar-refractivity contribution < 1.29 is 22.4 Å². The molecule has 7 nitrogen and oxygen atoms in total. The third-order valence-corrected chi connectivity index (χ3v) is 7.81. The second-order valence-electron chi connectivity index (χ2n) is 8.54. The monoisotopic (exact) mass is 511 g/mol. The van der Waals surface area contributed by atoms with E-state index in [4.69, 9.17) is 0 Å². The second kappa shape index (κ2) is 11.3. The van der Waals surface area contributed by atoms with Gasteiger partial charge in [0.05, 0.1) is 10.6 Å². The quantitative estimate of drug-likeness (QED) is 0.474. The molecule has 1 N–H and O–H groups in total. The lowest BCUT2D eigenvalue weighted by atomic mass is 10.1. The fourth-order valence-corrected chi connectivity index (χ4v) is 5.15. The summed E-state index contributed by atoms with van der Waals surface area (Å²) in [5.41, 5.74) is 2.77. The molecule has 1 unspecified atom stereocenters. The molecule has 0 aliphatic heterocycles. The van der Waals surface area contributed by atoms with E-state index in [9.17, 15) is 22.4 Å². The highest BCUT2D eigenvalue weighted by atomic mass is 32.2. The summed E-state index contributed by atoms with van der Waals surface area (Å²) in [5.74, 6) is -1.49. The number of hydrogen-bond acceptors (Lipinski definition) is 4. The third-order valence-electron chi connectivity index (χ3n) is 6.02. The van der Waals surface area contributed by atoms with Gasteiger partial charge in [-0.15, -0.1) is 0 Å². The van der Waals surface area contributed by atoms with Gasteiger partial charge < -0.3 is 10.2 Å². The van der Waals surface area contributed by atoms with Crippen molar-refractivity contribution in [2.45, 2.75) is 38.3 Å². The third kappa shape index (κ3) is 6.09. The molecule has 0 heterocycles. The van der Waals surface area contributed by atoms with Crippen molar-refractivity contribution in [3.05, 3.63) is 95.3 Å². The van der Waals surface area contributed by atoms with Crippen LogP contribution in [0.15, 0.2) is 77.7 Å². The van der Waals surface area contributed by atoms with Crippen LogP contribution >= 0.6 is 0 Å². The van der Waals surface area contributed by atoms with Gasteiger partial charge in [-0.3, -0.25) is 13.9 Å². The Morgan fingerprint density at radius 3 is 2.14 bits per heavy atom. The average Bonchev–Trinajstić information content (AvgIpc) is 2.86. The van der Waals surface area contributed by atoms with Crippen molar-refractivity contribution in [3.63, 3.8) is 0 Å². The highest BCUT2D eigenvalue weighted by molar-refractivity contribution is 7.92. The van der Waals surface area contributed by atoms with E-state index in [1.165, 1.54) is 36.2 Å². The van der Waals surface area contributed by atoms with E-state index in [2.05, 4.69) is 5.32 Å². The largest absolute Gasteiger partial charge is 0.357 e. The molecule has 0 aliphatic carbocycles. The molecule has 0 saturated carbocycles. The highest BCUT2D eigenvalue weighted by Crippen LogP contribution is 2.25. The van der Waals surface area contributed by atoms with E-state index in [1.807, 2.05) is 38.1 Å². The molecule has 1 atom stereocenters. The fraction of sp³-hybridized carbons (Fsp3) is 0.259. The zero-order valence-corrected chi connectivity index (χ0v) is 21.5. The average molecular weight is 512 g/mol. The van der Waals surface area contributed by atoms with Gasteiger partial charge in [0, 0.05) is 13.6 Å². The first kappa shape index (κ1) is 26.9. The number of nitrogens with zero attached hydrogens (tertiary/aromatic N) is 2. The summed E-state index contributed by atoms with van der Waals surface area (Å²) < 4.78 is 41.9. The number of nitrogens with one attached hydrogen (secondary N) is 1. The molecular weight excluding hydrogens is 481 g/mol. The summed E-state index contributed by atoms with van der Waals surface area (Å²) in [6, 6.07) is 17.7. The maximum atomic E-state index is 13.7. The lowest BCUT2D eigenvalue weighted by molar-refractivity contribution is -0.139. The van der Waals surface area contributed by atoms with Crippen molar-refractivity contribution in [3.8, 4) is 0 Å². The Morgan fingerprint density at radius 1 is 0.944 bits per heavy atom. The molecule has 3 aromatic rings. The van der Waals surface area contributed by atoms with E-state index >= 15 is 0 Å². The Hall–Kier alpha value is -3.72. The van der Waals surface area contributed by atoms with Gasteiger partial charge >= 0.3 is 0 Å². The van der Waals surface area contributed by atoms with Crippen LogP contribution in [0.4, 0.5) is 10.1 Å². The SMILES string of the molecule is CNC(=O)C(C)N(Cc1ccccc1C)C(=O)CN(c1ccc(F)cc1)S(=O)(=O)c1ccc(C)cc1. The summed E-state index contributed by atoms with van der Waals surface area (Å²) in [6.45, 7) is 4.86. The highest BCUT2D eigenvalue weighted by Gasteiger charge is 2.32. The summed E-state index contributed by atoms with van der Waals surface area (Å²) >= 11 is 0. The number of aryl methyl sites for hydroxylation is 2. The minimum absolute atomic E-state index is 0.00460. The Morgan fingerprint density at radius 2 is 1.56 bits per heavy atom. The molecule has 0 radical (unpaired) electrons. The molecule has 0 aliphatic rings.